The van der Waals surface area contributed by atoms with Gasteiger partial charge in [0.15, 0.2) is 0 Å². The summed E-state index contributed by atoms with van der Waals surface area (Å²) in [5.74, 6) is 0.277. The third-order valence-electron chi connectivity index (χ3n) is 6.69. The van der Waals surface area contributed by atoms with Crippen LogP contribution in [0.25, 0.3) is 22.5 Å². The van der Waals surface area contributed by atoms with Crippen LogP contribution in [-0.4, -0.2) is 39.6 Å². The molecule has 0 saturated heterocycles. The van der Waals surface area contributed by atoms with Gasteiger partial charge in [-0.2, -0.15) is 0 Å². The topological polar surface area (TPSA) is 131 Å². The first-order valence-electron chi connectivity index (χ1n) is 10.6. The summed E-state index contributed by atoms with van der Waals surface area (Å²) in [6.45, 7) is 1.90. The lowest BCUT2D eigenvalue weighted by molar-refractivity contribution is 0.0521. The molecule has 5 rings (SSSR count). The molecule has 4 N–H and O–H groups in total. The first kappa shape index (κ1) is 21.0. The van der Waals surface area contributed by atoms with Gasteiger partial charge in [0, 0.05) is 29.1 Å². The molecule has 2 aliphatic carbocycles. The Balaban J connectivity index is 1.51. The van der Waals surface area contributed by atoms with Crippen LogP contribution in [0.2, 0.25) is 0 Å². The minimum absolute atomic E-state index is 0.163. The van der Waals surface area contributed by atoms with E-state index in [0.717, 1.165) is 11.1 Å². The fourth-order valence-electron chi connectivity index (χ4n) is 4.95. The molecule has 1 aromatic carbocycles. The number of hydrogen-bond acceptors (Lipinski definition) is 7. The molecule has 3 aromatic rings. The van der Waals surface area contributed by atoms with Crippen LogP contribution in [0.1, 0.15) is 37.7 Å². The van der Waals surface area contributed by atoms with Crippen molar-refractivity contribution in [2.75, 3.05) is 5.73 Å². The lowest BCUT2D eigenvalue weighted by atomic mass is 9.94. The number of aliphatic hydroxyl groups is 1. The van der Waals surface area contributed by atoms with Crippen LogP contribution in [0.15, 0.2) is 53.8 Å². The van der Waals surface area contributed by atoms with Crippen LogP contribution in [0, 0.1) is 6.92 Å². The van der Waals surface area contributed by atoms with Crippen molar-refractivity contribution in [1.82, 2.24) is 19.7 Å². The van der Waals surface area contributed by atoms with Gasteiger partial charge in [0.05, 0.1) is 22.4 Å². The largest absolute Gasteiger partial charge is 0.390 e. The molecule has 0 spiro atoms. The molecule has 2 heterocycles. The number of nitrogens with one attached hydrogen (secondary N) is 1. The number of benzene rings is 1. The first-order valence-corrected chi connectivity index (χ1v) is 12.1. The van der Waals surface area contributed by atoms with E-state index in [1.165, 1.54) is 0 Å². The number of nitrogen functional groups attached to an aromatic ring is 1. The van der Waals surface area contributed by atoms with Gasteiger partial charge in [0.1, 0.15) is 11.5 Å². The Labute approximate surface area is 187 Å². The second-order valence-electron chi connectivity index (χ2n) is 8.99. The Morgan fingerprint density at radius 2 is 1.91 bits per heavy atom. The van der Waals surface area contributed by atoms with E-state index in [9.17, 15) is 13.5 Å². The third-order valence-corrected chi connectivity index (χ3v) is 8.26. The van der Waals surface area contributed by atoms with E-state index >= 15 is 0 Å². The number of sulfonamides is 1. The van der Waals surface area contributed by atoms with Gasteiger partial charge < -0.3 is 10.8 Å². The van der Waals surface area contributed by atoms with Gasteiger partial charge in [-0.15, -0.1) is 0 Å². The normalized spacial score (nSPS) is 24.7. The molecule has 9 heteroatoms. The zero-order valence-electron chi connectivity index (χ0n) is 17.7. The van der Waals surface area contributed by atoms with Gasteiger partial charge >= 0.3 is 0 Å². The molecule has 166 valence electrons. The van der Waals surface area contributed by atoms with E-state index < -0.39 is 21.2 Å². The average Bonchev–Trinajstić information content (AvgIpc) is 3.27. The SMILES string of the molecule is Cc1ccc(S(=O)(=O)NC23CCC(O)(CC2)C3)cc1-c1cnc(N)c(-c2cccnc2)n1. The maximum atomic E-state index is 13.3. The summed E-state index contributed by atoms with van der Waals surface area (Å²) in [7, 11) is -3.78. The number of aromatic nitrogens is 3. The molecule has 0 radical (unpaired) electrons. The molecule has 32 heavy (non-hydrogen) atoms. The van der Waals surface area contributed by atoms with E-state index in [4.69, 9.17) is 5.73 Å². The summed E-state index contributed by atoms with van der Waals surface area (Å²) >= 11 is 0. The van der Waals surface area contributed by atoms with Crippen LogP contribution in [0.4, 0.5) is 5.82 Å². The van der Waals surface area contributed by atoms with Crippen molar-refractivity contribution < 1.29 is 13.5 Å². The van der Waals surface area contributed by atoms with E-state index in [1.807, 2.05) is 13.0 Å². The van der Waals surface area contributed by atoms with Gasteiger partial charge in [-0.25, -0.2) is 23.1 Å². The summed E-state index contributed by atoms with van der Waals surface area (Å²) in [5.41, 5.74) is 8.04. The second-order valence-corrected chi connectivity index (χ2v) is 10.7. The van der Waals surface area contributed by atoms with Crippen LogP contribution < -0.4 is 10.5 Å². The monoisotopic (exact) mass is 451 g/mol. The standard InChI is InChI=1S/C23H25N5O3S/c1-15-4-5-17(32(30,31)28-22-6-8-23(29,14-22)9-7-22)11-18(15)19-13-26-21(24)20(27-19)16-3-2-10-25-12-16/h2-5,10-13,28-29H,6-9,14H2,1H3,(H2,24,26). The molecule has 0 atom stereocenters. The van der Waals surface area contributed by atoms with Gasteiger partial charge in [-0.1, -0.05) is 6.07 Å². The smallest absolute Gasteiger partial charge is 0.241 e. The Hall–Kier alpha value is -2.88. The number of hydrogen-bond donors (Lipinski definition) is 3. The number of rotatable bonds is 5. The Bertz CT molecular complexity index is 1290. The van der Waals surface area contributed by atoms with Crippen molar-refractivity contribution in [1.29, 1.82) is 0 Å². The van der Waals surface area contributed by atoms with Crippen LogP contribution >= 0.6 is 0 Å². The van der Waals surface area contributed by atoms with Crippen molar-refractivity contribution >= 4 is 15.8 Å². The Morgan fingerprint density at radius 1 is 1.12 bits per heavy atom. The van der Waals surface area contributed by atoms with Crippen molar-refractivity contribution in [2.45, 2.75) is 55.1 Å². The average molecular weight is 452 g/mol. The molecule has 0 aliphatic heterocycles. The maximum absolute atomic E-state index is 13.3. The van der Waals surface area contributed by atoms with Crippen molar-refractivity contribution in [2.24, 2.45) is 0 Å². The molecule has 0 unspecified atom stereocenters. The second kappa shape index (κ2) is 7.33. The van der Waals surface area contributed by atoms with Crippen molar-refractivity contribution in [3.63, 3.8) is 0 Å². The van der Waals surface area contributed by atoms with Gasteiger partial charge in [-0.3, -0.25) is 4.98 Å². The van der Waals surface area contributed by atoms with Crippen LogP contribution in [0.3, 0.4) is 0 Å². The Morgan fingerprint density at radius 3 is 2.56 bits per heavy atom. The fourth-order valence-corrected chi connectivity index (χ4v) is 6.43. The zero-order chi connectivity index (χ0) is 22.6. The molecular formula is C23H25N5O3S. The summed E-state index contributed by atoms with van der Waals surface area (Å²) in [6, 6.07) is 8.62. The molecule has 8 nitrogen and oxygen atoms in total. The summed E-state index contributed by atoms with van der Waals surface area (Å²) in [4.78, 5) is 13.2. The minimum atomic E-state index is -3.78. The third kappa shape index (κ3) is 3.66. The van der Waals surface area contributed by atoms with E-state index in [0.29, 0.717) is 49.1 Å². The summed E-state index contributed by atoms with van der Waals surface area (Å²) < 4.78 is 29.4. The number of anilines is 1. The number of nitrogens with two attached hydrogens (primary N) is 1. The molecule has 2 saturated carbocycles. The lowest BCUT2D eigenvalue weighted by Gasteiger charge is -2.27. The number of fused-ring (bicyclic) bond motifs is 2. The minimum Gasteiger partial charge on any atom is -0.390 e. The predicted molar refractivity (Wildman–Crippen MR) is 121 cm³/mol. The highest BCUT2D eigenvalue weighted by Gasteiger charge is 2.55. The maximum Gasteiger partial charge on any atom is 0.241 e. The summed E-state index contributed by atoms with van der Waals surface area (Å²) in [5, 5.41) is 10.5. The molecule has 2 aromatic heterocycles. The van der Waals surface area contributed by atoms with E-state index in [-0.39, 0.29) is 10.7 Å². The predicted octanol–water partition coefficient (Wildman–Crippen LogP) is 2.82. The molecular weight excluding hydrogens is 426 g/mol. The molecule has 2 bridgehead atoms. The fraction of sp³-hybridized carbons (Fsp3) is 0.348. The van der Waals surface area contributed by atoms with Gasteiger partial charge in [0.2, 0.25) is 10.0 Å². The van der Waals surface area contributed by atoms with Crippen LogP contribution in [0.5, 0.6) is 0 Å². The lowest BCUT2D eigenvalue weighted by Crippen LogP contribution is -2.44. The van der Waals surface area contributed by atoms with E-state index in [1.54, 1.807) is 42.9 Å². The van der Waals surface area contributed by atoms with Gasteiger partial charge in [0.25, 0.3) is 0 Å². The molecule has 0 amide bonds. The number of aryl methyl sites for hydroxylation is 1. The van der Waals surface area contributed by atoms with Crippen LogP contribution in [-0.2, 0) is 10.0 Å². The highest BCUT2D eigenvalue weighted by atomic mass is 32.2. The molecule has 2 aliphatic rings. The quantitative estimate of drug-likeness (QED) is 0.543. The van der Waals surface area contributed by atoms with Crippen molar-refractivity contribution in [3.05, 3.63) is 54.5 Å². The first-order chi connectivity index (χ1) is 15.2. The number of nitrogens with zero attached hydrogens (tertiary/aromatic N) is 3. The zero-order valence-corrected chi connectivity index (χ0v) is 18.6. The van der Waals surface area contributed by atoms with Crippen molar-refractivity contribution in [3.8, 4) is 22.5 Å². The Kier molecular flexibility index (Phi) is 4.81. The van der Waals surface area contributed by atoms with Gasteiger partial charge in [-0.05, 0) is 68.9 Å². The van der Waals surface area contributed by atoms with E-state index in [2.05, 4.69) is 19.7 Å². The molecule has 2 fully saturated rings. The highest BCUT2D eigenvalue weighted by Crippen LogP contribution is 2.51. The highest BCUT2D eigenvalue weighted by molar-refractivity contribution is 7.89. The summed E-state index contributed by atoms with van der Waals surface area (Å²) in [6.07, 6.45) is 7.91. The number of pyridine rings is 1.